The van der Waals surface area contributed by atoms with E-state index in [0.29, 0.717) is 11.1 Å². The van der Waals surface area contributed by atoms with E-state index in [0.717, 1.165) is 33.4 Å². The van der Waals surface area contributed by atoms with Crippen molar-refractivity contribution in [2.24, 2.45) is 0 Å². The monoisotopic (exact) mass is 758 g/mol. The van der Waals surface area contributed by atoms with Gasteiger partial charge in [0.2, 0.25) is 23.5 Å². The molecule has 278 valence electrons. The first-order chi connectivity index (χ1) is 24.8. The number of carboxylic acid groups (broad SMARTS) is 2. The number of benzene rings is 2. The van der Waals surface area contributed by atoms with E-state index in [1.165, 1.54) is 14.2 Å². The van der Waals surface area contributed by atoms with Crippen molar-refractivity contribution in [1.29, 1.82) is 0 Å². The number of carbonyl (C=O) groups is 2. The summed E-state index contributed by atoms with van der Waals surface area (Å²) >= 11 is 13.0. The van der Waals surface area contributed by atoms with Gasteiger partial charge in [-0.3, -0.25) is 0 Å². The van der Waals surface area contributed by atoms with Gasteiger partial charge in [0, 0.05) is 37.3 Å². The molecular formula is C36H40Cl2N4O10. The number of pyridine rings is 2. The molecule has 4 rings (SSSR count). The molecule has 6 N–H and O–H groups in total. The highest BCUT2D eigenvalue weighted by atomic mass is 35.5. The van der Waals surface area contributed by atoms with E-state index in [1.54, 1.807) is 12.1 Å². The third kappa shape index (κ3) is 10.2. The van der Waals surface area contributed by atoms with Crippen molar-refractivity contribution in [2.75, 3.05) is 27.3 Å². The Kier molecular flexibility index (Phi) is 14.4. The molecule has 0 aliphatic carbocycles. The van der Waals surface area contributed by atoms with Gasteiger partial charge in [-0.05, 0) is 59.4 Å². The molecular weight excluding hydrogens is 719 g/mol. The average molecular weight is 760 g/mol. The van der Waals surface area contributed by atoms with Gasteiger partial charge in [0.25, 0.3) is 0 Å². The van der Waals surface area contributed by atoms with Gasteiger partial charge in [-0.25, -0.2) is 9.59 Å². The van der Waals surface area contributed by atoms with Crippen LogP contribution in [0.3, 0.4) is 0 Å². The zero-order valence-corrected chi connectivity index (χ0v) is 30.4. The minimum Gasteiger partial charge on any atom is -0.481 e. The fourth-order valence-corrected chi connectivity index (χ4v) is 5.67. The van der Waals surface area contributed by atoms with Gasteiger partial charge in [0.1, 0.15) is 23.3 Å². The van der Waals surface area contributed by atoms with Gasteiger partial charge < -0.3 is 50.0 Å². The second-order valence-corrected chi connectivity index (χ2v) is 12.4. The van der Waals surface area contributed by atoms with Crippen molar-refractivity contribution in [2.45, 2.75) is 52.4 Å². The Morgan fingerprint density at radius 3 is 1.40 bits per heavy atom. The van der Waals surface area contributed by atoms with Crippen molar-refractivity contribution in [3.63, 3.8) is 0 Å². The Balaban J connectivity index is 1.46. The summed E-state index contributed by atoms with van der Waals surface area (Å²) in [6.07, 6.45) is -3.10. The van der Waals surface area contributed by atoms with Crippen LogP contribution in [0.1, 0.15) is 33.4 Å². The van der Waals surface area contributed by atoms with Crippen molar-refractivity contribution in [3.05, 3.63) is 92.0 Å². The molecule has 0 aliphatic heterocycles. The summed E-state index contributed by atoms with van der Waals surface area (Å²) in [6.45, 7) is 4.32. The minimum atomic E-state index is -1.55. The lowest BCUT2D eigenvalue weighted by atomic mass is 9.92. The van der Waals surface area contributed by atoms with Crippen LogP contribution in [0.5, 0.6) is 23.5 Å². The number of carboxylic acids is 2. The lowest BCUT2D eigenvalue weighted by Gasteiger charge is -2.18. The maximum absolute atomic E-state index is 10.9. The maximum atomic E-state index is 10.9. The molecule has 2 atom stereocenters. The number of aromatic nitrogens is 2. The fraction of sp³-hybridized carbons (Fsp3) is 0.333. The number of aliphatic hydroxyl groups is 2. The van der Waals surface area contributed by atoms with E-state index in [-0.39, 0.29) is 73.0 Å². The predicted octanol–water partition coefficient (Wildman–Crippen LogP) is 4.31. The Bertz CT molecular complexity index is 1760. The number of halogens is 2. The number of rotatable bonds is 19. The summed E-state index contributed by atoms with van der Waals surface area (Å²) < 4.78 is 22.9. The van der Waals surface area contributed by atoms with E-state index < -0.39 is 24.1 Å². The first kappa shape index (κ1) is 40.1. The number of hydrogen-bond acceptors (Lipinski definition) is 12. The molecule has 52 heavy (non-hydrogen) atoms. The third-order valence-electron chi connectivity index (χ3n) is 8.14. The topological polar surface area (TPSA) is 202 Å². The lowest BCUT2D eigenvalue weighted by molar-refractivity contribution is -0.147. The number of nitrogens with one attached hydrogen (secondary N) is 2. The summed E-state index contributed by atoms with van der Waals surface area (Å²) in [7, 11) is 2.89. The molecule has 0 unspecified atom stereocenters. The van der Waals surface area contributed by atoms with E-state index in [4.69, 9.17) is 52.4 Å². The molecule has 0 spiro atoms. The van der Waals surface area contributed by atoms with E-state index in [9.17, 15) is 19.8 Å². The molecule has 2 heterocycles. The summed E-state index contributed by atoms with van der Waals surface area (Å²) in [5.74, 6) is -1.84. The van der Waals surface area contributed by atoms with E-state index in [1.807, 2.05) is 50.2 Å². The van der Waals surface area contributed by atoms with Crippen molar-refractivity contribution >= 4 is 35.1 Å². The Labute approximate surface area is 310 Å². The van der Waals surface area contributed by atoms with Gasteiger partial charge in [-0.1, -0.05) is 59.6 Å². The van der Waals surface area contributed by atoms with Crippen molar-refractivity contribution in [1.82, 2.24) is 20.6 Å². The molecule has 0 saturated carbocycles. The van der Waals surface area contributed by atoms with Crippen molar-refractivity contribution < 1.29 is 49.0 Å². The molecule has 0 amide bonds. The van der Waals surface area contributed by atoms with Crippen LogP contribution in [-0.2, 0) is 35.9 Å². The smallest absolute Gasteiger partial charge is 0.333 e. The first-order valence-corrected chi connectivity index (χ1v) is 16.7. The largest absolute Gasteiger partial charge is 0.481 e. The highest BCUT2D eigenvalue weighted by Crippen LogP contribution is 2.34. The van der Waals surface area contributed by atoms with Crippen LogP contribution in [0, 0.1) is 13.8 Å². The molecule has 0 fully saturated rings. The van der Waals surface area contributed by atoms with Gasteiger partial charge in [0.05, 0.1) is 14.2 Å². The summed E-state index contributed by atoms with van der Waals surface area (Å²) in [5, 5.41) is 42.9. The number of ether oxygens (including phenoxy) is 4. The highest BCUT2D eigenvalue weighted by Gasteiger charge is 2.19. The lowest BCUT2D eigenvalue weighted by Crippen LogP contribution is -2.32. The van der Waals surface area contributed by atoms with Gasteiger partial charge in [0.15, 0.2) is 12.2 Å². The summed E-state index contributed by atoms with van der Waals surface area (Å²) in [5.41, 5.74) is 6.88. The molecule has 16 heteroatoms. The maximum Gasteiger partial charge on any atom is 0.333 e. The quantitative estimate of drug-likeness (QED) is 0.0790. The Morgan fingerprint density at radius 1 is 0.673 bits per heavy atom. The number of hydrogen-bond donors (Lipinski definition) is 6. The van der Waals surface area contributed by atoms with Gasteiger partial charge in [-0.15, -0.1) is 0 Å². The molecule has 2 aromatic carbocycles. The van der Waals surface area contributed by atoms with Crippen molar-refractivity contribution in [3.8, 4) is 34.6 Å². The zero-order valence-electron chi connectivity index (χ0n) is 28.9. The van der Waals surface area contributed by atoms with Gasteiger partial charge >= 0.3 is 11.9 Å². The van der Waals surface area contributed by atoms with Crippen LogP contribution < -0.4 is 29.6 Å². The standard InChI is InChI=1S/C36H40Cl2N4O10/c1-19-21(17-51-33-27(37)11-23(31(41-33)49-3)13-39-15-29(43)35(45)46)7-5-9-25(19)26-10-6-8-22(20(26)2)18-52-34-28(38)12-24(32(42-34)50-4)14-40-16-30(44)36(47)48/h5-12,29-30,39-40,43-44H,13-18H2,1-4H3,(H,45,46)(H,47,48)/t29-,30-/m1/s1. The molecule has 4 aromatic rings. The van der Waals surface area contributed by atoms with E-state index >= 15 is 0 Å². The summed E-state index contributed by atoms with van der Waals surface area (Å²) in [4.78, 5) is 30.6. The minimum absolute atomic E-state index is 0.164. The van der Waals surface area contributed by atoms with Crippen LogP contribution in [0.15, 0.2) is 48.5 Å². The third-order valence-corrected chi connectivity index (χ3v) is 8.68. The van der Waals surface area contributed by atoms with Crippen LogP contribution in [0.4, 0.5) is 0 Å². The normalized spacial score (nSPS) is 12.2. The summed E-state index contributed by atoms with van der Waals surface area (Å²) in [6, 6.07) is 15.1. The second-order valence-electron chi connectivity index (χ2n) is 11.6. The highest BCUT2D eigenvalue weighted by molar-refractivity contribution is 6.32. The fourth-order valence-electron chi connectivity index (χ4n) is 5.21. The number of aliphatic hydroxyl groups excluding tert-OH is 2. The van der Waals surface area contributed by atoms with E-state index in [2.05, 4.69) is 20.6 Å². The van der Waals surface area contributed by atoms with Crippen LogP contribution in [0.25, 0.3) is 11.1 Å². The molecule has 14 nitrogen and oxygen atoms in total. The van der Waals surface area contributed by atoms with Crippen LogP contribution >= 0.6 is 23.2 Å². The van der Waals surface area contributed by atoms with Crippen LogP contribution in [0.2, 0.25) is 10.0 Å². The molecule has 0 saturated heterocycles. The zero-order chi connectivity index (χ0) is 37.9. The molecule has 0 aliphatic rings. The Hall–Kier alpha value is -4.70. The first-order valence-electron chi connectivity index (χ1n) is 16.0. The number of aliphatic carboxylic acids is 2. The molecule has 0 bridgehead atoms. The van der Waals surface area contributed by atoms with Gasteiger partial charge in [-0.2, -0.15) is 9.97 Å². The average Bonchev–Trinajstić information content (AvgIpc) is 3.11. The second kappa shape index (κ2) is 18.7. The Morgan fingerprint density at radius 2 is 1.06 bits per heavy atom. The molecule has 2 aromatic heterocycles. The molecule has 0 radical (unpaired) electrons. The number of methoxy groups -OCH3 is 2. The predicted molar refractivity (Wildman–Crippen MR) is 192 cm³/mol. The SMILES string of the molecule is COc1nc(OCc2cccc(-c3cccc(COc4nc(OC)c(CNC[C@@H](O)C(=O)O)cc4Cl)c3C)c2C)c(Cl)cc1CNC[C@@H](O)C(=O)O. The van der Waals surface area contributed by atoms with Crippen LogP contribution in [-0.4, -0.2) is 81.8 Å². The number of nitrogens with zero attached hydrogens (tertiary/aromatic N) is 2.